The monoisotopic (exact) mass is 441 g/mol. The summed E-state index contributed by atoms with van der Waals surface area (Å²) in [6.45, 7) is 6.37. The van der Waals surface area contributed by atoms with Gasteiger partial charge in [0, 0.05) is 34.8 Å². The fraction of sp³-hybridized carbons (Fsp3) is 0.478. The third-order valence-corrected chi connectivity index (χ3v) is 7.18. The topological polar surface area (TPSA) is 94.0 Å². The molecule has 0 unspecified atom stereocenters. The van der Waals surface area contributed by atoms with Crippen LogP contribution in [0.5, 0.6) is 0 Å². The van der Waals surface area contributed by atoms with E-state index in [4.69, 9.17) is 4.74 Å². The first-order valence-corrected chi connectivity index (χ1v) is 11.6. The molecule has 0 radical (unpaired) electrons. The summed E-state index contributed by atoms with van der Waals surface area (Å²) >= 11 is 1.59. The first-order chi connectivity index (χ1) is 14.9. The molecular formula is C23H27N3O4S. The number of fused-ring (bicyclic) bond motifs is 3. The Balaban J connectivity index is 1.37. The van der Waals surface area contributed by atoms with E-state index in [-0.39, 0.29) is 30.8 Å². The Kier molecular flexibility index (Phi) is 6.09. The zero-order chi connectivity index (χ0) is 22.1. The van der Waals surface area contributed by atoms with E-state index in [0.29, 0.717) is 16.8 Å². The molecule has 0 bridgehead atoms. The summed E-state index contributed by atoms with van der Waals surface area (Å²) in [6.07, 6.45) is 4.52. The first-order valence-electron chi connectivity index (χ1n) is 10.8. The van der Waals surface area contributed by atoms with E-state index in [1.807, 2.05) is 26.8 Å². The smallest absolute Gasteiger partial charge is 0.306 e. The Hall–Kier alpha value is -2.74. The number of aromatic nitrogens is 3. The van der Waals surface area contributed by atoms with Crippen LogP contribution in [0.4, 0.5) is 0 Å². The number of rotatable bonds is 7. The zero-order valence-electron chi connectivity index (χ0n) is 18.2. The highest BCUT2D eigenvalue weighted by molar-refractivity contribution is 7.18. The third kappa shape index (κ3) is 4.21. The molecule has 0 fully saturated rings. The van der Waals surface area contributed by atoms with Gasteiger partial charge in [0.25, 0.3) is 5.56 Å². The van der Waals surface area contributed by atoms with Gasteiger partial charge in [-0.2, -0.15) is 0 Å². The Morgan fingerprint density at radius 3 is 2.77 bits per heavy atom. The molecule has 3 aromatic heterocycles. The summed E-state index contributed by atoms with van der Waals surface area (Å²) < 4.78 is 7.24. The Morgan fingerprint density at radius 1 is 1.26 bits per heavy atom. The first kappa shape index (κ1) is 21.5. The van der Waals surface area contributed by atoms with Crippen molar-refractivity contribution in [2.24, 2.45) is 0 Å². The highest BCUT2D eigenvalue weighted by Gasteiger charge is 2.20. The molecule has 0 spiro atoms. The van der Waals surface area contributed by atoms with Crippen LogP contribution in [-0.2, 0) is 35.3 Å². The van der Waals surface area contributed by atoms with Crippen LogP contribution in [-0.4, -0.2) is 32.9 Å². The molecule has 0 atom stereocenters. The molecule has 1 N–H and O–H groups in total. The lowest BCUT2D eigenvalue weighted by Gasteiger charge is -2.09. The Morgan fingerprint density at radius 2 is 2.03 bits per heavy atom. The van der Waals surface area contributed by atoms with Crippen molar-refractivity contribution in [3.05, 3.63) is 49.6 Å². The minimum Gasteiger partial charge on any atom is -0.457 e. The lowest BCUT2D eigenvalue weighted by Crippen LogP contribution is -2.17. The van der Waals surface area contributed by atoms with Crippen LogP contribution in [0.15, 0.2) is 10.9 Å². The normalized spacial score (nSPS) is 13.4. The lowest BCUT2D eigenvalue weighted by atomic mass is 9.97. The number of carbonyl (C=O) groups excluding carboxylic acids is 2. The van der Waals surface area contributed by atoms with Gasteiger partial charge in [0.1, 0.15) is 10.7 Å². The fourth-order valence-corrected chi connectivity index (χ4v) is 5.69. The number of H-pyrrole nitrogens is 1. The van der Waals surface area contributed by atoms with Crippen LogP contribution < -0.4 is 5.56 Å². The molecule has 0 aliphatic heterocycles. The number of aryl methyl sites for hydroxylation is 4. The van der Waals surface area contributed by atoms with Crippen LogP contribution in [0.1, 0.15) is 64.2 Å². The summed E-state index contributed by atoms with van der Waals surface area (Å²) in [5.74, 6) is -0.213. The number of aromatic amines is 1. The SMILES string of the molecule is CCn1c(C)cc(C(=O)COC(=O)CCc2nc3sc4c(c3c(=O)[nH]2)CCCC4)c1C. The van der Waals surface area contributed by atoms with Gasteiger partial charge in [-0.25, -0.2) is 4.98 Å². The van der Waals surface area contributed by atoms with Crippen LogP contribution >= 0.6 is 11.3 Å². The third-order valence-electron chi connectivity index (χ3n) is 5.99. The second-order valence-electron chi connectivity index (χ2n) is 8.02. The molecule has 0 saturated carbocycles. The number of thiophene rings is 1. The van der Waals surface area contributed by atoms with Gasteiger partial charge in [-0.15, -0.1) is 11.3 Å². The Bertz CT molecular complexity index is 1220. The second kappa shape index (κ2) is 8.78. The highest BCUT2D eigenvalue weighted by atomic mass is 32.1. The summed E-state index contributed by atoms with van der Waals surface area (Å²) in [6, 6.07) is 1.83. The molecule has 0 amide bonds. The summed E-state index contributed by atoms with van der Waals surface area (Å²) in [5, 5.41) is 0.710. The van der Waals surface area contributed by atoms with E-state index in [1.54, 1.807) is 11.3 Å². The molecule has 1 aliphatic carbocycles. The van der Waals surface area contributed by atoms with Gasteiger partial charge in [0.05, 0.1) is 11.8 Å². The molecule has 3 aromatic rings. The standard InChI is InChI=1S/C23H27N3O4S/c1-4-26-13(2)11-16(14(26)3)17(27)12-30-20(28)10-9-19-24-22(29)21-15-7-5-6-8-18(15)31-23(21)25-19/h11H,4-10,12H2,1-3H3,(H,24,25,29). The van der Waals surface area contributed by atoms with Crippen LogP contribution in [0.25, 0.3) is 10.2 Å². The van der Waals surface area contributed by atoms with Crippen molar-refractivity contribution in [2.75, 3.05) is 6.61 Å². The molecule has 0 aromatic carbocycles. The van der Waals surface area contributed by atoms with Crippen molar-refractivity contribution in [3.8, 4) is 0 Å². The van der Waals surface area contributed by atoms with Gasteiger partial charge in [-0.1, -0.05) is 0 Å². The predicted octanol–water partition coefficient (Wildman–Crippen LogP) is 3.66. The molecule has 1 aliphatic rings. The summed E-state index contributed by atoms with van der Waals surface area (Å²) in [5.41, 5.74) is 3.50. The largest absolute Gasteiger partial charge is 0.457 e. The average molecular weight is 442 g/mol. The molecule has 4 rings (SSSR count). The van der Waals surface area contributed by atoms with Gasteiger partial charge >= 0.3 is 5.97 Å². The number of hydrogen-bond acceptors (Lipinski definition) is 6. The van der Waals surface area contributed by atoms with Gasteiger partial charge in [0.2, 0.25) is 5.78 Å². The second-order valence-corrected chi connectivity index (χ2v) is 9.10. The van der Waals surface area contributed by atoms with Crippen molar-refractivity contribution < 1.29 is 14.3 Å². The molecule has 3 heterocycles. The average Bonchev–Trinajstić information content (AvgIpc) is 3.27. The van der Waals surface area contributed by atoms with Gasteiger partial charge in [0.15, 0.2) is 6.61 Å². The highest BCUT2D eigenvalue weighted by Crippen LogP contribution is 2.33. The van der Waals surface area contributed by atoms with E-state index in [0.717, 1.165) is 54.0 Å². The number of nitrogens with zero attached hydrogens (tertiary/aromatic N) is 2. The zero-order valence-corrected chi connectivity index (χ0v) is 19.0. The fourth-order valence-electron chi connectivity index (χ4n) is 4.41. The maximum Gasteiger partial charge on any atom is 0.306 e. The number of Topliss-reactive ketones (excluding diaryl/α,β-unsaturated/α-hetero) is 1. The molecular weight excluding hydrogens is 414 g/mol. The predicted molar refractivity (Wildman–Crippen MR) is 120 cm³/mol. The van der Waals surface area contributed by atoms with Gasteiger partial charge in [-0.3, -0.25) is 14.4 Å². The molecule has 31 heavy (non-hydrogen) atoms. The van der Waals surface area contributed by atoms with Crippen molar-refractivity contribution in [3.63, 3.8) is 0 Å². The number of esters is 1. The minimum absolute atomic E-state index is 0.0563. The number of ketones is 1. The van der Waals surface area contributed by atoms with Crippen LogP contribution in [0, 0.1) is 13.8 Å². The maximum atomic E-state index is 12.6. The minimum atomic E-state index is -0.481. The quantitative estimate of drug-likeness (QED) is 0.446. The number of nitrogens with one attached hydrogen (secondary N) is 1. The number of hydrogen-bond donors (Lipinski definition) is 1. The van der Waals surface area contributed by atoms with Crippen LogP contribution in [0.2, 0.25) is 0 Å². The summed E-state index contributed by atoms with van der Waals surface area (Å²) in [4.78, 5) is 46.6. The molecule has 0 saturated heterocycles. The van der Waals surface area contributed by atoms with E-state index < -0.39 is 5.97 Å². The van der Waals surface area contributed by atoms with E-state index in [2.05, 4.69) is 14.5 Å². The van der Waals surface area contributed by atoms with Gasteiger partial charge < -0.3 is 14.3 Å². The van der Waals surface area contributed by atoms with Crippen molar-refractivity contribution in [1.82, 2.24) is 14.5 Å². The number of ether oxygens (including phenoxy) is 1. The van der Waals surface area contributed by atoms with Crippen molar-refractivity contribution in [2.45, 2.75) is 65.8 Å². The Labute approximate surface area is 184 Å². The maximum absolute atomic E-state index is 12.6. The van der Waals surface area contributed by atoms with E-state index in [1.165, 1.54) is 4.88 Å². The lowest BCUT2D eigenvalue weighted by molar-refractivity contribution is -0.142. The number of carbonyl (C=O) groups is 2. The van der Waals surface area contributed by atoms with E-state index >= 15 is 0 Å². The van der Waals surface area contributed by atoms with E-state index in [9.17, 15) is 14.4 Å². The summed E-state index contributed by atoms with van der Waals surface area (Å²) in [7, 11) is 0. The van der Waals surface area contributed by atoms with Crippen LogP contribution in [0.3, 0.4) is 0 Å². The van der Waals surface area contributed by atoms with Crippen molar-refractivity contribution >= 4 is 33.3 Å². The molecule has 7 nitrogen and oxygen atoms in total. The molecule has 8 heteroatoms. The van der Waals surface area contributed by atoms with Crippen molar-refractivity contribution in [1.29, 1.82) is 0 Å². The van der Waals surface area contributed by atoms with Gasteiger partial charge in [-0.05, 0) is 58.1 Å². The molecule has 164 valence electrons.